The Morgan fingerprint density at radius 2 is 1.90 bits per heavy atom. The van der Waals surface area contributed by atoms with Gasteiger partial charge in [-0.25, -0.2) is 13.1 Å². The van der Waals surface area contributed by atoms with Crippen LogP contribution < -0.4 is 4.72 Å². The van der Waals surface area contributed by atoms with E-state index in [4.69, 9.17) is 0 Å². The first kappa shape index (κ1) is 15.7. The molecule has 1 atom stereocenters. The molecule has 0 unspecified atom stereocenters. The maximum Gasteiger partial charge on any atom is 0.258 e. The molecule has 2 aromatic heterocycles. The van der Waals surface area contributed by atoms with Gasteiger partial charge in [-0.15, -0.1) is 0 Å². The van der Waals surface area contributed by atoms with Gasteiger partial charge in [0.05, 0.1) is 17.9 Å². The minimum atomic E-state index is -3.64. The Morgan fingerprint density at radius 1 is 1.19 bits per heavy atom. The van der Waals surface area contributed by atoms with Gasteiger partial charge >= 0.3 is 0 Å². The topological polar surface area (TPSA) is 76.9 Å². The summed E-state index contributed by atoms with van der Waals surface area (Å²) < 4.78 is 29.1. The molecule has 0 amide bonds. The fraction of sp³-hybridized carbons (Fsp3) is 0.429. The Hall–Kier alpha value is -1.73. The number of sulfonamides is 1. The van der Waals surface area contributed by atoms with Gasteiger partial charge in [-0.3, -0.25) is 9.67 Å². The van der Waals surface area contributed by atoms with Crippen LogP contribution in [-0.2, 0) is 10.0 Å². The molecule has 0 bridgehead atoms. The molecule has 0 spiro atoms. The predicted octanol–water partition coefficient (Wildman–Crippen LogP) is 2.21. The molecule has 21 heavy (non-hydrogen) atoms. The van der Waals surface area contributed by atoms with Gasteiger partial charge in [0.25, 0.3) is 10.0 Å². The molecule has 0 aliphatic carbocycles. The van der Waals surface area contributed by atoms with Crippen LogP contribution in [0.25, 0.3) is 0 Å². The average Bonchev–Trinajstić information content (AvgIpc) is 2.88. The third-order valence-corrected chi connectivity index (χ3v) is 4.62. The van der Waals surface area contributed by atoms with Crippen LogP contribution in [0.15, 0.2) is 35.5 Å². The largest absolute Gasteiger partial charge is 0.258 e. The molecule has 0 fully saturated rings. The van der Waals surface area contributed by atoms with E-state index in [0.717, 1.165) is 5.69 Å². The van der Waals surface area contributed by atoms with Gasteiger partial charge in [-0.1, -0.05) is 6.07 Å². The van der Waals surface area contributed by atoms with Gasteiger partial charge in [0, 0.05) is 11.7 Å². The van der Waals surface area contributed by atoms with Gasteiger partial charge in [0.1, 0.15) is 0 Å². The van der Waals surface area contributed by atoms with E-state index in [1.807, 2.05) is 32.9 Å². The SMILES string of the molecule is Cc1cccc([C@H](C)NS(=O)(=O)c2ccnn2C(C)C)n1. The molecule has 0 saturated carbocycles. The van der Waals surface area contributed by atoms with E-state index in [1.165, 1.54) is 16.9 Å². The van der Waals surface area contributed by atoms with Crippen LogP contribution in [0.5, 0.6) is 0 Å². The predicted molar refractivity (Wildman–Crippen MR) is 80.3 cm³/mol. The van der Waals surface area contributed by atoms with E-state index in [1.54, 1.807) is 13.0 Å². The maximum atomic E-state index is 12.5. The first-order valence-corrected chi connectivity index (χ1v) is 8.29. The monoisotopic (exact) mass is 308 g/mol. The average molecular weight is 308 g/mol. The van der Waals surface area contributed by atoms with E-state index in [-0.39, 0.29) is 11.1 Å². The number of hydrogen-bond acceptors (Lipinski definition) is 4. The zero-order chi connectivity index (χ0) is 15.6. The number of aromatic nitrogens is 3. The highest BCUT2D eigenvalue weighted by Crippen LogP contribution is 2.18. The molecule has 2 heterocycles. The summed E-state index contributed by atoms with van der Waals surface area (Å²) in [4.78, 5) is 4.35. The number of rotatable bonds is 5. The summed E-state index contributed by atoms with van der Waals surface area (Å²) in [6.07, 6.45) is 1.49. The maximum absolute atomic E-state index is 12.5. The van der Waals surface area contributed by atoms with Crippen LogP contribution in [0.3, 0.4) is 0 Å². The van der Waals surface area contributed by atoms with Crippen LogP contribution in [0.4, 0.5) is 0 Å². The summed E-state index contributed by atoms with van der Waals surface area (Å²) in [6.45, 7) is 7.42. The molecule has 114 valence electrons. The van der Waals surface area contributed by atoms with Crippen molar-refractivity contribution in [2.45, 2.75) is 44.8 Å². The molecular weight excluding hydrogens is 288 g/mol. The molecule has 0 radical (unpaired) electrons. The van der Waals surface area contributed by atoms with Crippen molar-refractivity contribution in [3.63, 3.8) is 0 Å². The molecule has 0 aliphatic rings. The Morgan fingerprint density at radius 3 is 2.52 bits per heavy atom. The zero-order valence-corrected chi connectivity index (χ0v) is 13.4. The summed E-state index contributed by atoms with van der Waals surface area (Å²) in [5.74, 6) is 0. The fourth-order valence-electron chi connectivity index (χ4n) is 2.06. The molecule has 1 N–H and O–H groups in total. The van der Waals surface area contributed by atoms with Crippen molar-refractivity contribution >= 4 is 10.0 Å². The lowest BCUT2D eigenvalue weighted by Gasteiger charge is -2.16. The van der Waals surface area contributed by atoms with Crippen LogP contribution in [0.2, 0.25) is 0 Å². The first-order chi connectivity index (χ1) is 9.81. The summed E-state index contributed by atoms with van der Waals surface area (Å²) >= 11 is 0. The van der Waals surface area contributed by atoms with Crippen molar-refractivity contribution in [3.05, 3.63) is 41.9 Å². The summed E-state index contributed by atoms with van der Waals surface area (Å²) in [6, 6.07) is 6.60. The third kappa shape index (κ3) is 3.48. The van der Waals surface area contributed by atoms with Crippen LogP contribution in [0.1, 0.15) is 44.2 Å². The molecule has 0 saturated heterocycles. The number of hydrogen-bond donors (Lipinski definition) is 1. The standard InChI is InChI=1S/C14H20N4O2S/c1-10(2)18-14(8-9-15-18)21(19,20)17-12(4)13-7-5-6-11(3)16-13/h5-10,12,17H,1-4H3/t12-/m0/s1. The van der Waals surface area contributed by atoms with Crippen molar-refractivity contribution in [3.8, 4) is 0 Å². The smallest absolute Gasteiger partial charge is 0.256 e. The molecule has 7 heteroatoms. The second-order valence-electron chi connectivity index (χ2n) is 5.25. The fourth-order valence-corrected chi connectivity index (χ4v) is 3.51. The van der Waals surface area contributed by atoms with Crippen molar-refractivity contribution < 1.29 is 8.42 Å². The second-order valence-corrected chi connectivity index (χ2v) is 6.92. The normalized spacial score (nSPS) is 13.6. The lowest BCUT2D eigenvalue weighted by Crippen LogP contribution is -2.29. The zero-order valence-electron chi connectivity index (χ0n) is 12.6. The quantitative estimate of drug-likeness (QED) is 0.918. The highest BCUT2D eigenvalue weighted by Gasteiger charge is 2.23. The van der Waals surface area contributed by atoms with Gasteiger partial charge in [-0.2, -0.15) is 5.10 Å². The lowest BCUT2D eigenvalue weighted by molar-refractivity contribution is 0.472. The Labute approximate surface area is 125 Å². The van der Waals surface area contributed by atoms with Gasteiger partial charge < -0.3 is 0 Å². The third-order valence-electron chi connectivity index (χ3n) is 3.08. The van der Waals surface area contributed by atoms with Crippen molar-refractivity contribution in [2.75, 3.05) is 0 Å². The lowest BCUT2D eigenvalue weighted by atomic mass is 10.2. The summed E-state index contributed by atoms with van der Waals surface area (Å²) in [5.41, 5.74) is 1.54. The van der Waals surface area contributed by atoms with Crippen LogP contribution in [-0.4, -0.2) is 23.2 Å². The minimum absolute atomic E-state index is 0.0287. The van der Waals surface area contributed by atoms with E-state index in [2.05, 4.69) is 14.8 Å². The van der Waals surface area contributed by atoms with E-state index in [0.29, 0.717) is 5.69 Å². The molecule has 6 nitrogen and oxygen atoms in total. The van der Waals surface area contributed by atoms with E-state index in [9.17, 15) is 8.42 Å². The number of nitrogens with one attached hydrogen (secondary N) is 1. The number of pyridine rings is 1. The number of nitrogens with zero attached hydrogens (tertiary/aromatic N) is 3. The molecular formula is C14H20N4O2S. The summed E-state index contributed by atoms with van der Waals surface area (Å²) in [5, 5.41) is 4.22. The van der Waals surface area contributed by atoms with E-state index >= 15 is 0 Å². The van der Waals surface area contributed by atoms with Gasteiger partial charge in [-0.05, 0) is 45.9 Å². The second kappa shape index (κ2) is 5.95. The summed E-state index contributed by atoms with van der Waals surface area (Å²) in [7, 11) is -3.64. The Bertz CT molecular complexity index is 722. The highest BCUT2D eigenvalue weighted by atomic mass is 32.2. The van der Waals surface area contributed by atoms with Crippen molar-refractivity contribution in [1.29, 1.82) is 0 Å². The minimum Gasteiger partial charge on any atom is -0.256 e. The van der Waals surface area contributed by atoms with Gasteiger partial charge in [0.15, 0.2) is 5.03 Å². The van der Waals surface area contributed by atoms with Crippen molar-refractivity contribution in [1.82, 2.24) is 19.5 Å². The highest BCUT2D eigenvalue weighted by molar-refractivity contribution is 7.89. The Kier molecular flexibility index (Phi) is 4.43. The molecule has 0 aromatic carbocycles. The number of aryl methyl sites for hydroxylation is 1. The van der Waals surface area contributed by atoms with Crippen LogP contribution in [0, 0.1) is 6.92 Å². The molecule has 2 aromatic rings. The Balaban J connectivity index is 2.27. The first-order valence-electron chi connectivity index (χ1n) is 6.80. The molecule has 2 rings (SSSR count). The van der Waals surface area contributed by atoms with E-state index < -0.39 is 16.1 Å². The van der Waals surface area contributed by atoms with Crippen molar-refractivity contribution in [2.24, 2.45) is 0 Å². The van der Waals surface area contributed by atoms with Gasteiger partial charge in [0.2, 0.25) is 0 Å². The molecule has 0 aliphatic heterocycles. The van der Waals surface area contributed by atoms with Crippen LogP contribution >= 0.6 is 0 Å².